The third-order valence-corrected chi connectivity index (χ3v) is 12.1. The van der Waals surface area contributed by atoms with E-state index in [0.29, 0.717) is 17.5 Å². The lowest BCUT2D eigenvalue weighted by Crippen LogP contribution is -2.04. The van der Waals surface area contributed by atoms with Gasteiger partial charge in [0.2, 0.25) is 0 Å². The molecule has 0 atom stereocenters. The first-order chi connectivity index (χ1) is 29.7. The average molecular weight is 765 g/mol. The molecule has 0 fully saturated rings. The first kappa shape index (κ1) is 32.9. The minimum Gasteiger partial charge on any atom is -0.456 e. The Hall–Kier alpha value is -8.15. The monoisotopic (exact) mass is 764 g/mol. The molecule has 10 aromatic carbocycles. The quantitative estimate of drug-likeness (QED) is 0.179. The largest absolute Gasteiger partial charge is 0.456 e. The Bertz CT molecular complexity index is 3820. The van der Waals surface area contributed by atoms with Crippen LogP contribution >= 0.6 is 0 Å². The van der Waals surface area contributed by atoms with Crippen molar-refractivity contribution in [1.82, 2.24) is 19.5 Å². The minimum absolute atomic E-state index is 0.578. The van der Waals surface area contributed by atoms with Gasteiger partial charge in [-0.25, -0.2) is 15.0 Å². The maximum Gasteiger partial charge on any atom is 0.166 e. The molecule has 0 N–H and O–H groups in total. The normalized spacial score (nSPS) is 12.0. The standard InChI is InChI=1S/C55H32N4O/c1-3-14-36-27-40(23-21-33(36)11-1)53-56-54(41-24-22-34-12-2-4-15-37(34)28-41)58-55(57-53)47-31-46-43-19-9-10-20-50(43)60-51(46)32-49(47)59-48-30-39-17-6-5-16-38(39)29-45(48)44-26-25-35-13-7-8-18-42(35)52(44)59/h1-32H. The zero-order valence-corrected chi connectivity index (χ0v) is 32.2. The van der Waals surface area contributed by atoms with Crippen LogP contribution in [0, 0.1) is 0 Å². The fraction of sp³-hybridized carbons (Fsp3) is 0. The van der Waals surface area contributed by atoms with E-state index in [1.165, 1.54) is 26.9 Å². The lowest BCUT2D eigenvalue weighted by atomic mass is 10.0. The fourth-order valence-corrected chi connectivity index (χ4v) is 9.25. The molecule has 0 aliphatic carbocycles. The highest BCUT2D eigenvalue weighted by molar-refractivity contribution is 6.21. The van der Waals surface area contributed by atoms with Crippen LogP contribution in [0.25, 0.3) is 127 Å². The van der Waals surface area contributed by atoms with Crippen LogP contribution in [0.15, 0.2) is 199 Å². The van der Waals surface area contributed by atoms with E-state index >= 15 is 0 Å². The van der Waals surface area contributed by atoms with Gasteiger partial charge >= 0.3 is 0 Å². The number of hydrogen-bond donors (Lipinski definition) is 0. The van der Waals surface area contributed by atoms with E-state index in [4.69, 9.17) is 19.4 Å². The first-order valence-electron chi connectivity index (χ1n) is 20.3. The highest BCUT2D eigenvalue weighted by Crippen LogP contribution is 2.43. The zero-order chi connectivity index (χ0) is 39.3. The number of fused-ring (bicyclic) bond motifs is 11. The molecule has 0 saturated carbocycles. The van der Waals surface area contributed by atoms with Crippen LogP contribution in [0.1, 0.15) is 0 Å². The van der Waals surface area contributed by atoms with Gasteiger partial charge in [-0.2, -0.15) is 0 Å². The number of rotatable bonds is 4. The molecule has 0 spiro atoms. The van der Waals surface area contributed by atoms with Crippen molar-refractivity contribution in [2.24, 2.45) is 0 Å². The summed E-state index contributed by atoms with van der Waals surface area (Å²) >= 11 is 0. The number of nitrogens with zero attached hydrogens (tertiary/aromatic N) is 4. The summed E-state index contributed by atoms with van der Waals surface area (Å²) in [7, 11) is 0. The Morgan fingerprint density at radius 3 is 1.55 bits per heavy atom. The highest BCUT2D eigenvalue weighted by atomic mass is 16.3. The van der Waals surface area contributed by atoms with Crippen molar-refractivity contribution in [2.75, 3.05) is 0 Å². The van der Waals surface area contributed by atoms with Gasteiger partial charge in [0.25, 0.3) is 0 Å². The molecule has 0 unspecified atom stereocenters. The van der Waals surface area contributed by atoms with Crippen LogP contribution in [0.2, 0.25) is 0 Å². The summed E-state index contributed by atoms with van der Waals surface area (Å²) in [5.74, 6) is 1.79. The Morgan fingerprint density at radius 1 is 0.333 bits per heavy atom. The van der Waals surface area contributed by atoms with Crippen molar-refractivity contribution < 1.29 is 4.42 Å². The molecule has 0 bridgehead atoms. The van der Waals surface area contributed by atoms with Gasteiger partial charge in [-0.05, 0) is 74.1 Å². The Morgan fingerprint density at radius 2 is 0.867 bits per heavy atom. The van der Waals surface area contributed by atoms with Gasteiger partial charge in [0.05, 0.1) is 16.7 Å². The molecule has 3 heterocycles. The number of hydrogen-bond acceptors (Lipinski definition) is 4. The molecule has 278 valence electrons. The van der Waals surface area contributed by atoms with E-state index < -0.39 is 0 Å². The number of para-hydroxylation sites is 1. The Balaban J connectivity index is 1.18. The van der Waals surface area contributed by atoms with Gasteiger partial charge < -0.3 is 8.98 Å². The fourth-order valence-electron chi connectivity index (χ4n) is 9.25. The summed E-state index contributed by atoms with van der Waals surface area (Å²) in [6, 6.07) is 68.7. The molecule has 0 radical (unpaired) electrons. The summed E-state index contributed by atoms with van der Waals surface area (Å²) in [6.45, 7) is 0. The summed E-state index contributed by atoms with van der Waals surface area (Å²) in [4.78, 5) is 16.1. The summed E-state index contributed by atoms with van der Waals surface area (Å²) < 4.78 is 9.08. The predicted octanol–water partition coefficient (Wildman–Crippen LogP) is 14.5. The van der Waals surface area contributed by atoms with Gasteiger partial charge in [0, 0.05) is 49.7 Å². The molecule has 60 heavy (non-hydrogen) atoms. The zero-order valence-electron chi connectivity index (χ0n) is 32.2. The van der Waals surface area contributed by atoms with Crippen LogP contribution in [0.4, 0.5) is 0 Å². The van der Waals surface area contributed by atoms with E-state index in [9.17, 15) is 0 Å². The Kier molecular flexibility index (Phi) is 6.95. The molecule has 3 aromatic heterocycles. The van der Waals surface area contributed by atoms with E-state index in [1.54, 1.807) is 0 Å². The second-order valence-corrected chi connectivity index (χ2v) is 15.6. The maximum atomic E-state index is 6.67. The van der Waals surface area contributed by atoms with Crippen LogP contribution in [-0.4, -0.2) is 19.5 Å². The average Bonchev–Trinajstić information content (AvgIpc) is 3.84. The molecule has 0 amide bonds. The van der Waals surface area contributed by atoms with Crippen molar-refractivity contribution >= 4 is 86.8 Å². The number of benzene rings is 10. The van der Waals surface area contributed by atoms with Crippen molar-refractivity contribution in [3.8, 4) is 39.9 Å². The summed E-state index contributed by atoms with van der Waals surface area (Å²) in [5, 5.41) is 13.7. The smallest absolute Gasteiger partial charge is 0.166 e. The molecule has 0 aliphatic rings. The molecule has 5 nitrogen and oxygen atoms in total. The molecular formula is C55H32N4O. The lowest BCUT2D eigenvalue weighted by Gasteiger charge is -2.16. The minimum atomic E-state index is 0.578. The van der Waals surface area contributed by atoms with Crippen LogP contribution in [0.3, 0.4) is 0 Å². The molecule has 0 aliphatic heterocycles. The second kappa shape index (κ2) is 12.7. The Labute approximate surface area is 343 Å². The third-order valence-electron chi connectivity index (χ3n) is 12.1. The van der Waals surface area contributed by atoms with E-state index in [0.717, 1.165) is 82.3 Å². The first-order valence-corrected chi connectivity index (χ1v) is 20.3. The van der Waals surface area contributed by atoms with Crippen LogP contribution in [-0.2, 0) is 0 Å². The van der Waals surface area contributed by atoms with Gasteiger partial charge in [0.1, 0.15) is 11.2 Å². The van der Waals surface area contributed by atoms with Gasteiger partial charge in [-0.1, -0.05) is 152 Å². The number of furan rings is 1. The maximum absolute atomic E-state index is 6.67. The molecule has 0 saturated heterocycles. The SMILES string of the molecule is c1ccc2cc(-c3nc(-c4ccc5ccccc5c4)nc(-c4cc5c(cc4-n4c6cc7ccccc7cc6c6ccc7ccccc7c64)oc4ccccc45)n3)ccc2c1. The lowest BCUT2D eigenvalue weighted by molar-refractivity contribution is 0.668. The van der Waals surface area contributed by atoms with Gasteiger partial charge in [-0.15, -0.1) is 0 Å². The van der Waals surface area contributed by atoms with E-state index in [2.05, 4.69) is 187 Å². The predicted molar refractivity (Wildman–Crippen MR) is 248 cm³/mol. The van der Waals surface area contributed by atoms with Crippen molar-refractivity contribution in [1.29, 1.82) is 0 Å². The molecule has 13 rings (SSSR count). The van der Waals surface area contributed by atoms with Crippen molar-refractivity contribution in [2.45, 2.75) is 0 Å². The van der Waals surface area contributed by atoms with Gasteiger partial charge in [0.15, 0.2) is 17.5 Å². The molecular weight excluding hydrogens is 733 g/mol. The topological polar surface area (TPSA) is 56.7 Å². The molecule has 5 heteroatoms. The molecule has 13 aromatic rings. The number of aromatic nitrogens is 4. The highest BCUT2D eigenvalue weighted by Gasteiger charge is 2.24. The summed E-state index contributed by atoms with van der Waals surface area (Å²) in [6.07, 6.45) is 0. The second-order valence-electron chi connectivity index (χ2n) is 15.6. The third kappa shape index (κ3) is 5.03. The van der Waals surface area contributed by atoms with Crippen LogP contribution in [0.5, 0.6) is 0 Å². The van der Waals surface area contributed by atoms with Crippen molar-refractivity contribution in [3.63, 3.8) is 0 Å². The van der Waals surface area contributed by atoms with Gasteiger partial charge in [-0.3, -0.25) is 0 Å². The van der Waals surface area contributed by atoms with E-state index in [-0.39, 0.29) is 0 Å². The van der Waals surface area contributed by atoms with E-state index in [1.807, 2.05) is 12.1 Å². The van der Waals surface area contributed by atoms with Crippen LogP contribution < -0.4 is 0 Å². The van der Waals surface area contributed by atoms with Crippen molar-refractivity contribution in [3.05, 3.63) is 194 Å². The summed E-state index contributed by atoms with van der Waals surface area (Å²) in [5.41, 5.74) is 7.48.